The standard InChI is InChI=1S/C17H21N3O3/c21-12-17(9-10-17)11-18-14(22)7-4-8-15-19-20-16(23-15)13-5-2-1-3-6-13/h1-3,5-6,21H,4,7-12H2,(H,18,22). The third-order valence-corrected chi connectivity index (χ3v) is 4.24. The molecule has 1 saturated carbocycles. The highest BCUT2D eigenvalue weighted by Gasteiger charge is 2.41. The van der Waals surface area contributed by atoms with Crippen molar-refractivity contribution in [2.75, 3.05) is 13.2 Å². The van der Waals surface area contributed by atoms with Gasteiger partial charge in [0.1, 0.15) is 0 Å². The summed E-state index contributed by atoms with van der Waals surface area (Å²) in [6.07, 6.45) is 3.65. The summed E-state index contributed by atoms with van der Waals surface area (Å²) in [5.74, 6) is 1.06. The summed E-state index contributed by atoms with van der Waals surface area (Å²) < 4.78 is 5.61. The zero-order chi connectivity index (χ0) is 16.1. The van der Waals surface area contributed by atoms with Crippen molar-refractivity contribution in [2.24, 2.45) is 5.41 Å². The number of nitrogens with zero attached hydrogens (tertiary/aromatic N) is 2. The third kappa shape index (κ3) is 4.16. The minimum atomic E-state index is -0.0489. The first kappa shape index (κ1) is 15.7. The van der Waals surface area contributed by atoms with Crippen molar-refractivity contribution in [3.63, 3.8) is 0 Å². The molecule has 1 aromatic carbocycles. The number of hydrogen-bond acceptors (Lipinski definition) is 5. The Morgan fingerprint density at radius 2 is 2.04 bits per heavy atom. The quantitative estimate of drug-likeness (QED) is 0.777. The Morgan fingerprint density at radius 3 is 2.74 bits per heavy atom. The number of hydrogen-bond donors (Lipinski definition) is 2. The number of rotatable bonds is 8. The van der Waals surface area contributed by atoms with Crippen molar-refractivity contribution in [3.8, 4) is 11.5 Å². The van der Waals surface area contributed by atoms with Crippen LogP contribution in [0.25, 0.3) is 11.5 Å². The van der Waals surface area contributed by atoms with E-state index in [-0.39, 0.29) is 17.9 Å². The van der Waals surface area contributed by atoms with Gasteiger partial charge in [-0.15, -0.1) is 10.2 Å². The zero-order valence-corrected chi connectivity index (χ0v) is 13.0. The lowest BCUT2D eigenvalue weighted by atomic mass is 10.1. The number of amides is 1. The summed E-state index contributed by atoms with van der Waals surface area (Å²) in [6, 6.07) is 9.60. The van der Waals surface area contributed by atoms with E-state index in [2.05, 4.69) is 15.5 Å². The van der Waals surface area contributed by atoms with Gasteiger partial charge in [0.2, 0.25) is 17.7 Å². The molecule has 0 unspecified atom stereocenters. The fraction of sp³-hybridized carbons (Fsp3) is 0.471. The second-order valence-corrected chi connectivity index (χ2v) is 6.16. The highest BCUT2D eigenvalue weighted by atomic mass is 16.4. The van der Waals surface area contributed by atoms with Gasteiger partial charge in [0.15, 0.2) is 0 Å². The van der Waals surface area contributed by atoms with Crippen LogP contribution in [-0.2, 0) is 11.2 Å². The second-order valence-electron chi connectivity index (χ2n) is 6.16. The van der Waals surface area contributed by atoms with Gasteiger partial charge in [0.25, 0.3) is 0 Å². The smallest absolute Gasteiger partial charge is 0.247 e. The van der Waals surface area contributed by atoms with E-state index in [0.717, 1.165) is 18.4 Å². The number of benzene rings is 1. The zero-order valence-electron chi connectivity index (χ0n) is 13.0. The summed E-state index contributed by atoms with van der Waals surface area (Å²) >= 11 is 0. The van der Waals surface area contributed by atoms with E-state index in [4.69, 9.17) is 4.42 Å². The maximum Gasteiger partial charge on any atom is 0.247 e. The lowest BCUT2D eigenvalue weighted by Gasteiger charge is -2.12. The Hall–Kier alpha value is -2.21. The normalized spacial score (nSPS) is 15.3. The highest BCUT2D eigenvalue weighted by molar-refractivity contribution is 5.75. The predicted octanol–water partition coefficient (Wildman–Crippen LogP) is 1.95. The average molecular weight is 315 g/mol. The van der Waals surface area contributed by atoms with Crippen LogP contribution in [0, 0.1) is 5.41 Å². The molecule has 1 fully saturated rings. The Morgan fingerprint density at radius 1 is 1.26 bits per heavy atom. The second kappa shape index (κ2) is 6.91. The van der Waals surface area contributed by atoms with Crippen LogP contribution in [-0.4, -0.2) is 34.4 Å². The highest BCUT2D eigenvalue weighted by Crippen LogP contribution is 2.44. The molecule has 0 bridgehead atoms. The lowest BCUT2D eigenvalue weighted by molar-refractivity contribution is -0.121. The molecule has 0 atom stereocenters. The molecule has 2 aromatic rings. The predicted molar refractivity (Wildman–Crippen MR) is 84.4 cm³/mol. The van der Waals surface area contributed by atoms with E-state index < -0.39 is 0 Å². The number of carbonyl (C=O) groups is 1. The van der Waals surface area contributed by atoms with E-state index >= 15 is 0 Å². The number of aromatic nitrogens is 2. The van der Waals surface area contributed by atoms with Crippen LogP contribution < -0.4 is 5.32 Å². The van der Waals surface area contributed by atoms with Crippen LogP contribution in [0.2, 0.25) is 0 Å². The fourth-order valence-corrected chi connectivity index (χ4v) is 2.39. The van der Waals surface area contributed by atoms with Gasteiger partial charge in [-0.3, -0.25) is 4.79 Å². The number of aryl methyl sites for hydroxylation is 1. The monoisotopic (exact) mass is 315 g/mol. The molecule has 3 rings (SSSR count). The minimum Gasteiger partial charge on any atom is -0.421 e. The molecule has 1 aromatic heterocycles. The SMILES string of the molecule is O=C(CCCc1nnc(-c2ccccc2)o1)NCC1(CO)CC1. The number of aliphatic hydroxyl groups excluding tert-OH is 1. The third-order valence-electron chi connectivity index (χ3n) is 4.24. The van der Waals surface area contributed by atoms with Crippen molar-refractivity contribution in [1.82, 2.24) is 15.5 Å². The summed E-state index contributed by atoms with van der Waals surface area (Å²) in [4.78, 5) is 11.8. The number of aliphatic hydroxyl groups is 1. The first-order valence-electron chi connectivity index (χ1n) is 7.96. The van der Waals surface area contributed by atoms with Crippen LogP contribution in [0.4, 0.5) is 0 Å². The molecule has 1 heterocycles. The molecule has 1 aliphatic carbocycles. The van der Waals surface area contributed by atoms with Gasteiger partial charge in [0, 0.05) is 30.4 Å². The summed E-state index contributed by atoms with van der Waals surface area (Å²) in [5.41, 5.74) is 0.843. The maximum absolute atomic E-state index is 11.8. The molecular weight excluding hydrogens is 294 g/mol. The Balaban J connectivity index is 1.41. The molecule has 0 radical (unpaired) electrons. The fourth-order valence-electron chi connectivity index (χ4n) is 2.39. The van der Waals surface area contributed by atoms with Gasteiger partial charge < -0.3 is 14.8 Å². The van der Waals surface area contributed by atoms with Gasteiger partial charge in [-0.05, 0) is 31.4 Å². The van der Waals surface area contributed by atoms with Gasteiger partial charge in [-0.2, -0.15) is 0 Å². The van der Waals surface area contributed by atoms with Crippen LogP contribution in [0.1, 0.15) is 31.6 Å². The van der Waals surface area contributed by atoms with Crippen molar-refractivity contribution < 1.29 is 14.3 Å². The van der Waals surface area contributed by atoms with Gasteiger partial charge in [0.05, 0.1) is 6.61 Å². The average Bonchev–Trinajstić information content (AvgIpc) is 3.23. The van der Waals surface area contributed by atoms with Crippen LogP contribution in [0.3, 0.4) is 0 Å². The molecule has 6 heteroatoms. The molecule has 0 saturated heterocycles. The van der Waals surface area contributed by atoms with Crippen molar-refractivity contribution >= 4 is 5.91 Å². The summed E-state index contributed by atoms with van der Waals surface area (Å²) in [7, 11) is 0. The van der Waals surface area contributed by atoms with Crippen molar-refractivity contribution in [3.05, 3.63) is 36.2 Å². The van der Waals surface area contributed by atoms with E-state index in [0.29, 0.717) is 37.6 Å². The number of carbonyl (C=O) groups excluding carboxylic acids is 1. The van der Waals surface area contributed by atoms with E-state index in [1.165, 1.54) is 0 Å². The van der Waals surface area contributed by atoms with E-state index in [9.17, 15) is 9.90 Å². The first-order valence-corrected chi connectivity index (χ1v) is 7.96. The van der Waals surface area contributed by atoms with Gasteiger partial charge >= 0.3 is 0 Å². The first-order chi connectivity index (χ1) is 11.2. The molecule has 6 nitrogen and oxygen atoms in total. The topological polar surface area (TPSA) is 88.2 Å². The molecule has 1 amide bonds. The van der Waals surface area contributed by atoms with Crippen molar-refractivity contribution in [1.29, 1.82) is 0 Å². The van der Waals surface area contributed by atoms with Gasteiger partial charge in [-0.1, -0.05) is 18.2 Å². The van der Waals surface area contributed by atoms with Gasteiger partial charge in [-0.25, -0.2) is 0 Å². The molecule has 0 aliphatic heterocycles. The summed E-state index contributed by atoms with van der Waals surface area (Å²) in [6.45, 7) is 0.721. The number of nitrogens with one attached hydrogen (secondary N) is 1. The maximum atomic E-state index is 11.8. The largest absolute Gasteiger partial charge is 0.421 e. The van der Waals surface area contributed by atoms with Crippen molar-refractivity contribution in [2.45, 2.75) is 32.1 Å². The van der Waals surface area contributed by atoms with Crippen LogP contribution >= 0.6 is 0 Å². The van der Waals surface area contributed by atoms with E-state index in [1.807, 2.05) is 30.3 Å². The Kier molecular flexibility index (Phi) is 4.71. The molecule has 23 heavy (non-hydrogen) atoms. The lowest BCUT2D eigenvalue weighted by Crippen LogP contribution is -2.31. The van der Waals surface area contributed by atoms with E-state index in [1.54, 1.807) is 0 Å². The molecular formula is C17H21N3O3. The summed E-state index contributed by atoms with van der Waals surface area (Å²) in [5, 5.41) is 20.1. The Bertz CT molecular complexity index is 650. The minimum absolute atomic E-state index is 0.00697. The Labute approximate surface area is 134 Å². The molecule has 1 aliphatic rings. The van der Waals surface area contributed by atoms with Crippen LogP contribution in [0.5, 0.6) is 0 Å². The molecule has 0 spiro atoms. The van der Waals surface area contributed by atoms with Crippen LogP contribution in [0.15, 0.2) is 34.7 Å². The molecule has 122 valence electrons. The molecule has 2 N–H and O–H groups in total.